The van der Waals surface area contributed by atoms with E-state index in [0.29, 0.717) is 5.69 Å². The molecule has 0 unspecified atom stereocenters. The number of nitrogen functional groups attached to an aromatic ring is 1. The zero-order valence-corrected chi connectivity index (χ0v) is 12.5. The summed E-state index contributed by atoms with van der Waals surface area (Å²) < 4.78 is 5.99. The summed E-state index contributed by atoms with van der Waals surface area (Å²) in [6.07, 6.45) is 9.09. The van der Waals surface area contributed by atoms with E-state index in [2.05, 4.69) is 27.5 Å². The third kappa shape index (κ3) is 3.16. The Morgan fingerprint density at radius 2 is 2.19 bits per heavy atom. The van der Waals surface area contributed by atoms with Crippen molar-refractivity contribution in [1.82, 2.24) is 14.2 Å². The fourth-order valence-electron chi connectivity index (χ4n) is 2.25. The van der Waals surface area contributed by atoms with Crippen LogP contribution in [0.1, 0.15) is 6.42 Å². The molecule has 6 nitrogen and oxygen atoms in total. The summed E-state index contributed by atoms with van der Waals surface area (Å²) >= 11 is 0. The zero-order valence-electron chi connectivity index (χ0n) is 12.5. The van der Waals surface area contributed by atoms with E-state index < -0.39 is 0 Å². The van der Waals surface area contributed by atoms with Crippen LogP contribution in [0.25, 0.3) is 5.52 Å². The molecule has 0 aliphatic rings. The summed E-state index contributed by atoms with van der Waals surface area (Å²) in [4.78, 5) is 0. The lowest BCUT2D eigenvalue weighted by Gasteiger charge is -2.02. The van der Waals surface area contributed by atoms with E-state index in [-0.39, 0.29) is 7.43 Å². The lowest BCUT2D eigenvalue weighted by atomic mass is 10.3. The van der Waals surface area contributed by atoms with Gasteiger partial charge in [0.25, 0.3) is 0 Å². The topological polar surface area (TPSA) is 64.2 Å². The Morgan fingerprint density at radius 3 is 2.90 bits per heavy atom. The second-order valence-electron chi connectivity index (χ2n) is 4.89. The number of nitrogens with two attached hydrogens (primary N) is 1. The molecule has 3 aromatic rings. The average Bonchev–Trinajstić information content (AvgIpc) is 3.00. The maximum Gasteiger partial charge on any atom is 0.243 e. The SMILES string of the molecule is C[n+]1ccn(CCCNc2nn3ccccc3c2N)c1.[CH3-]. The summed E-state index contributed by atoms with van der Waals surface area (Å²) in [5.74, 6) is 0.759. The van der Waals surface area contributed by atoms with Gasteiger partial charge in [-0.1, -0.05) is 6.07 Å². The molecule has 112 valence electrons. The fraction of sp³-hybridized carbons (Fsp3) is 0.267. The van der Waals surface area contributed by atoms with E-state index in [9.17, 15) is 0 Å². The summed E-state index contributed by atoms with van der Waals surface area (Å²) in [5.41, 5.74) is 7.73. The van der Waals surface area contributed by atoms with Gasteiger partial charge in [-0.05, 0) is 12.1 Å². The number of hydrogen-bond donors (Lipinski definition) is 2. The molecule has 3 aromatic heterocycles. The fourth-order valence-corrected chi connectivity index (χ4v) is 2.25. The second-order valence-corrected chi connectivity index (χ2v) is 4.89. The minimum Gasteiger partial charge on any atom is -0.394 e. The van der Waals surface area contributed by atoms with Crippen LogP contribution in [0.15, 0.2) is 43.1 Å². The minimum absolute atomic E-state index is 0. The molecule has 0 aliphatic heterocycles. The first-order valence-corrected chi connectivity index (χ1v) is 6.72. The molecule has 0 spiro atoms. The van der Waals surface area contributed by atoms with Gasteiger partial charge >= 0.3 is 0 Å². The Labute approximate surface area is 124 Å². The van der Waals surface area contributed by atoms with E-state index >= 15 is 0 Å². The number of aryl methyl sites for hydroxylation is 2. The van der Waals surface area contributed by atoms with Gasteiger partial charge < -0.3 is 18.5 Å². The molecule has 0 fully saturated rings. The molecule has 21 heavy (non-hydrogen) atoms. The van der Waals surface area contributed by atoms with Crippen molar-refractivity contribution >= 4 is 17.0 Å². The van der Waals surface area contributed by atoms with Crippen LogP contribution in [0, 0.1) is 7.43 Å². The van der Waals surface area contributed by atoms with Crippen molar-refractivity contribution in [3.8, 4) is 0 Å². The predicted octanol–water partition coefficient (Wildman–Crippen LogP) is 1.49. The Balaban J connectivity index is 0.00000161. The maximum absolute atomic E-state index is 6.08. The first-order valence-electron chi connectivity index (χ1n) is 6.72. The van der Waals surface area contributed by atoms with Crippen LogP contribution in [0.3, 0.4) is 0 Å². The Morgan fingerprint density at radius 1 is 1.33 bits per heavy atom. The largest absolute Gasteiger partial charge is 0.394 e. The van der Waals surface area contributed by atoms with E-state index in [4.69, 9.17) is 5.73 Å². The molecule has 0 saturated heterocycles. The van der Waals surface area contributed by atoms with Gasteiger partial charge in [-0.3, -0.25) is 0 Å². The minimum atomic E-state index is 0. The van der Waals surface area contributed by atoms with Gasteiger partial charge in [-0.2, -0.15) is 0 Å². The first-order chi connectivity index (χ1) is 9.74. The molecule has 0 atom stereocenters. The van der Waals surface area contributed by atoms with Crippen LogP contribution in [-0.2, 0) is 13.6 Å². The van der Waals surface area contributed by atoms with E-state index in [1.807, 2.05) is 42.2 Å². The molecule has 3 N–H and O–H groups in total. The van der Waals surface area contributed by atoms with Crippen molar-refractivity contribution in [1.29, 1.82) is 0 Å². The number of imidazole rings is 1. The molecule has 6 heteroatoms. The van der Waals surface area contributed by atoms with Crippen LogP contribution in [0.4, 0.5) is 11.5 Å². The van der Waals surface area contributed by atoms with E-state index in [1.54, 1.807) is 4.52 Å². The van der Waals surface area contributed by atoms with Gasteiger partial charge in [0.2, 0.25) is 6.33 Å². The third-order valence-electron chi connectivity index (χ3n) is 3.29. The van der Waals surface area contributed by atoms with Gasteiger partial charge in [0, 0.05) is 19.2 Å². The highest BCUT2D eigenvalue weighted by atomic mass is 15.3. The second kappa shape index (κ2) is 6.30. The Kier molecular flexibility index (Phi) is 4.47. The highest BCUT2D eigenvalue weighted by molar-refractivity contribution is 5.80. The lowest BCUT2D eigenvalue weighted by Crippen LogP contribution is -2.23. The number of fused-ring (bicyclic) bond motifs is 1. The van der Waals surface area contributed by atoms with Crippen LogP contribution in [0.2, 0.25) is 0 Å². The van der Waals surface area contributed by atoms with Gasteiger partial charge in [0.1, 0.15) is 18.1 Å². The van der Waals surface area contributed by atoms with Crippen molar-refractivity contribution in [2.75, 3.05) is 17.6 Å². The summed E-state index contributed by atoms with van der Waals surface area (Å²) in [5, 5.41) is 7.73. The number of nitrogens with zero attached hydrogens (tertiary/aromatic N) is 4. The number of nitrogens with one attached hydrogen (secondary N) is 1. The third-order valence-corrected chi connectivity index (χ3v) is 3.29. The molecule has 0 amide bonds. The predicted molar refractivity (Wildman–Crippen MR) is 84.7 cm³/mol. The van der Waals surface area contributed by atoms with E-state index in [1.165, 1.54) is 0 Å². The van der Waals surface area contributed by atoms with Crippen LogP contribution < -0.4 is 15.6 Å². The number of pyridine rings is 1. The smallest absolute Gasteiger partial charge is 0.243 e. The molecular formula is C15H22N6. The maximum atomic E-state index is 6.08. The summed E-state index contributed by atoms with van der Waals surface area (Å²) in [7, 11) is 2.02. The van der Waals surface area contributed by atoms with E-state index in [0.717, 1.165) is 30.8 Å². The molecule has 0 saturated carbocycles. The number of anilines is 2. The normalized spacial score (nSPS) is 10.5. The van der Waals surface area contributed by atoms with Crippen LogP contribution >= 0.6 is 0 Å². The highest BCUT2D eigenvalue weighted by Gasteiger charge is 2.08. The monoisotopic (exact) mass is 286 g/mol. The van der Waals surface area contributed by atoms with Crippen LogP contribution in [0.5, 0.6) is 0 Å². The number of rotatable bonds is 5. The average molecular weight is 286 g/mol. The van der Waals surface area contributed by atoms with Gasteiger partial charge in [0.05, 0.1) is 19.1 Å². The van der Waals surface area contributed by atoms with Crippen LogP contribution in [-0.4, -0.2) is 20.7 Å². The molecule has 3 heterocycles. The number of hydrogen-bond acceptors (Lipinski definition) is 3. The quantitative estimate of drug-likeness (QED) is 0.424. The van der Waals surface area contributed by atoms with Crippen molar-refractivity contribution in [3.63, 3.8) is 0 Å². The van der Waals surface area contributed by atoms with Gasteiger partial charge in [-0.15, -0.1) is 5.10 Å². The van der Waals surface area contributed by atoms with Gasteiger partial charge in [0.15, 0.2) is 5.82 Å². The summed E-state index contributed by atoms with van der Waals surface area (Å²) in [6, 6.07) is 5.87. The molecule has 0 bridgehead atoms. The Hall–Kier alpha value is -2.50. The lowest BCUT2D eigenvalue weighted by molar-refractivity contribution is -0.671. The molecule has 0 radical (unpaired) electrons. The number of aromatic nitrogens is 4. The Bertz CT molecular complexity index is 712. The van der Waals surface area contributed by atoms with Crippen molar-refractivity contribution in [2.24, 2.45) is 7.05 Å². The summed E-state index contributed by atoms with van der Waals surface area (Å²) in [6.45, 7) is 1.82. The standard InChI is InChI=1S/C14H19N6.CH3/c1-18-9-10-19(11-18)7-4-6-16-14-13(15)12-5-2-3-8-20(12)17-14;/h2-3,5,8-11H,4,6-7,15H2,1H3,(H,16,17);1H3/q+1;-1. The zero-order chi connectivity index (χ0) is 13.9. The molecule has 3 rings (SSSR count). The molecule has 0 aromatic carbocycles. The molecular weight excluding hydrogens is 264 g/mol. The molecule has 0 aliphatic carbocycles. The van der Waals surface area contributed by atoms with Crippen molar-refractivity contribution < 1.29 is 4.57 Å². The van der Waals surface area contributed by atoms with Crippen molar-refractivity contribution in [2.45, 2.75) is 13.0 Å². The van der Waals surface area contributed by atoms with Crippen molar-refractivity contribution in [3.05, 3.63) is 50.5 Å². The van der Waals surface area contributed by atoms with Gasteiger partial charge in [-0.25, -0.2) is 13.6 Å². The first kappa shape index (κ1) is 14.9. The highest BCUT2D eigenvalue weighted by Crippen LogP contribution is 2.22.